The SMILES string of the molecule is COc1ccc2c(c1)CCCC(c1ccncc1Cl)C2=O. The first-order valence-electron chi connectivity index (χ1n) is 7.01. The minimum atomic E-state index is -0.185. The zero-order valence-electron chi connectivity index (χ0n) is 11.8. The fraction of sp³-hybridized carbons (Fsp3) is 0.294. The van der Waals surface area contributed by atoms with Crippen molar-refractivity contribution in [1.29, 1.82) is 0 Å². The molecule has 0 fully saturated rings. The van der Waals surface area contributed by atoms with Gasteiger partial charge < -0.3 is 4.74 Å². The van der Waals surface area contributed by atoms with Gasteiger partial charge in [-0.25, -0.2) is 0 Å². The normalized spacial score (nSPS) is 18.0. The van der Waals surface area contributed by atoms with Crippen LogP contribution in [0.5, 0.6) is 5.75 Å². The molecule has 1 unspecified atom stereocenters. The van der Waals surface area contributed by atoms with E-state index in [-0.39, 0.29) is 11.7 Å². The number of carbonyl (C=O) groups is 1. The monoisotopic (exact) mass is 301 g/mol. The van der Waals surface area contributed by atoms with Crippen LogP contribution >= 0.6 is 11.6 Å². The number of hydrogen-bond acceptors (Lipinski definition) is 3. The number of methoxy groups -OCH3 is 1. The molecule has 0 saturated heterocycles. The average Bonchev–Trinajstić information content (AvgIpc) is 2.67. The number of aromatic nitrogens is 1. The number of hydrogen-bond donors (Lipinski definition) is 0. The second-order valence-corrected chi connectivity index (χ2v) is 5.64. The molecule has 2 aromatic rings. The lowest BCUT2D eigenvalue weighted by Crippen LogP contribution is -2.13. The maximum absolute atomic E-state index is 12.9. The number of carbonyl (C=O) groups excluding carboxylic acids is 1. The van der Waals surface area contributed by atoms with Crippen molar-refractivity contribution in [2.75, 3.05) is 7.11 Å². The van der Waals surface area contributed by atoms with Crippen molar-refractivity contribution in [3.8, 4) is 5.75 Å². The molecule has 1 aliphatic rings. The Kier molecular flexibility index (Phi) is 3.93. The Morgan fingerprint density at radius 3 is 2.95 bits per heavy atom. The van der Waals surface area contributed by atoms with E-state index in [4.69, 9.17) is 16.3 Å². The van der Waals surface area contributed by atoms with Gasteiger partial charge in [-0.3, -0.25) is 9.78 Å². The lowest BCUT2D eigenvalue weighted by atomic mass is 9.89. The van der Waals surface area contributed by atoms with Crippen LogP contribution in [0.1, 0.15) is 40.2 Å². The van der Waals surface area contributed by atoms with Crippen LogP contribution in [-0.2, 0) is 6.42 Å². The number of Topliss-reactive ketones (excluding diaryl/α,β-unsaturated/α-hetero) is 1. The molecule has 3 nitrogen and oxygen atoms in total. The molecule has 0 aliphatic heterocycles. The van der Waals surface area contributed by atoms with Gasteiger partial charge in [-0.1, -0.05) is 11.6 Å². The number of pyridine rings is 1. The maximum Gasteiger partial charge on any atom is 0.170 e. The van der Waals surface area contributed by atoms with Crippen molar-refractivity contribution in [3.05, 3.63) is 58.4 Å². The van der Waals surface area contributed by atoms with E-state index in [9.17, 15) is 4.79 Å². The van der Waals surface area contributed by atoms with Crippen molar-refractivity contribution in [2.45, 2.75) is 25.2 Å². The van der Waals surface area contributed by atoms with Crippen LogP contribution < -0.4 is 4.74 Å². The van der Waals surface area contributed by atoms with Gasteiger partial charge in [-0.2, -0.15) is 0 Å². The molecule has 1 aliphatic carbocycles. The largest absolute Gasteiger partial charge is 0.497 e. The number of ketones is 1. The molecule has 1 heterocycles. The topological polar surface area (TPSA) is 39.2 Å². The molecular weight excluding hydrogens is 286 g/mol. The highest BCUT2D eigenvalue weighted by atomic mass is 35.5. The summed E-state index contributed by atoms with van der Waals surface area (Å²) in [7, 11) is 1.64. The lowest BCUT2D eigenvalue weighted by molar-refractivity contribution is 0.0957. The summed E-state index contributed by atoms with van der Waals surface area (Å²) in [5.41, 5.74) is 2.72. The van der Waals surface area contributed by atoms with Crippen LogP contribution in [0.2, 0.25) is 5.02 Å². The molecule has 3 rings (SSSR count). The first kappa shape index (κ1) is 14.1. The van der Waals surface area contributed by atoms with E-state index in [1.807, 2.05) is 24.3 Å². The van der Waals surface area contributed by atoms with Crippen LogP contribution in [0, 0.1) is 0 Å². The van der Waals surface area contributed by atoms with Crippen molar-refractivity contribution in [1.82, 2.24) is 4.98 Å². The van der Waals surface area contributed by atoms with E-state index in [1.54, 1.807) is 19.5 Å². The maximum atomic E-state index is 12.9. The number of halogens is 1. The Morgan fingerprint density at radius 2 is 2.19 bits per heavy atom. The van der Waals surface area contributed by atoms with E-state index in [1.165, 1.54) is 0 Å². The summed E-state index contributed by atoms with van der Waals surface area (Å²) in [5, 5.41) is 0.563. The van der Waals surface area contributed by atoms with Crippen LogP contribution in [0.15, 0.2) is 36.7 Å². The van der Waals surface area contributed by atoms with E-state index >= 15 is 0 Å². The molecule has 0 amide bonds. The molecular formula is C17H16ClNO2. The van der Waals surface area contributed by atoms with Crippen LogP contribution in [0.4, 0.5) is 0 Å². The first-order chi connectivity index (χ1) is 10.2. The Balaban J connectivity index is 2.03. The zero-order valence-corrected chi connectivity index (χ0v) is 12.6. The third-order valence-corrected chi connectivity index (χ3v) is 4.33. The number of ether oxygens (including phenoxy) is 1. The highest BCUT2D eigenvalue weighted by molar-refractivity contribution is 6.31. The molecule has 21 heavy (non-hydrogen) atoms. The zero-order chi connectivity index (χ0) is 14.8. The summed E-state index contributed by atoms with van der Waals surface area (Å²) in [5.74, 6) is 0.746. The second kappa shape index (κ2) is 5.86. The number of aryl methyl sites for hydroxylation is 1. The summed E-state index contributed by atoms with van der Waals surface area (Å²) in [4.78, 5) is 16.9. The predicted molar refractivity (Wildman–Crippen MR) is 82.3 cm³/mol. The van der Waals surface area contributed by atoms with Gasteiger partial charge in [0.1, 0.15) is 5.75 Å². The molecule has 1 aromatic carbocycles. The third-order valence-electron chi connectivity index (χ3n) is 4.01. The van der Waals surface area contributed by atoms with E-state index < -0.39 is 0 Å². The Morgan fingerprint density at radius 1 is 1.33 bits per heavy atom. The molecule has 108 valence electrons. The Hall–Kier alpha value is -1.87. The highest BCUT2D eigenvalue weighted by Gasteiger charge is 2.28. The molecule has 0 radical (unpaired) electrons. The molecule has 1 atom stereocenters. The van der Waals surface area contributed by atoms with Crippen molar-refractivity contribution in [3.63, 3.8) is 0 Å². The fourth-order valence-electron chi connectivity index (χ4n) is 2.92. The van der Waals surface area contributed by atoms with E-state index in [0.717, 1.165) is 41.7 Å². The molecule has 0 bridgehead atoms. The predicted octanol–water partition coefficient (Wildman–Crippen LogP) is 4.05. The summed E-state index contributed by atoms with van der Waals surface area (Å²) in [6.45, 7) is 0. The van der Waals surface area contributed by atoms with Gasteiger partial charge in [0.25, 0.3) is 0 Å². The van der Waals surface area contributed by atoms with Gasteiger partial charge in [0.2, 0.25) is 0 Å². The van der Waals surface area contributed by atoms with Gasteiger partial charge in [-0.05, 0) is 54.7 Å². The standard InChI is InChI=1S/C17H16ClNO2/c1-21-12-5-6-13-11(9-12)3-2-4-15(17(13)20)14-7-8-19-10-16(14)18/h5-10,15H,2-4H2,1H3. The van der Waals surface area contributed by atoms with Gasteiger partial charge >= 0.3 is 0 Å². The molecule has 0 N–H and O–H groups in total. The quantitative estimate of drug-likeness (QED) is 0.786. The summed E-state index contributed by atoms with van der Waals surface area (Å²) < 4.78 is 5.25. The number of benzene rings is 1. The second-order valence-electron chi connectivity index (χ2n) is 5.23. The number of rotatable bonds is 2. The van der Waals surface area contributed by atoms with Crippen LogP contribution in [0.3, 0.4) is 0 Å². The molecule has 0 saturated carbocycles. The van der Waals surface area contributed by atoms with Gasteiger partial charge in [0.15, 0.2) is 5.78 Å². The van der Waals surface area contributed by atoms with Gasteiger partial charge in [0.05, 0.1) is 12.1 Å². The first-order valence-corrected chi connectivity index (χ1v) is 7.39. The average molecular weight is 302 g/mol. The Bertz CT molecular complexity index is 684. The minimum Gasteiger partial charge on any atom is -0.497 e. The minimum absolute atomic E-state index is 0.137. The summed E-state index contributed by atoms with van der Waals surface area (Å²) in [6.07, 6.45) is 5.94. The van der Waals surface area contributed by atoms with E-state index in [2.05, 4.69) is 4.98 Å². The van der Waals surface area contributed by atoms with Gasteiger partial charge in [-0.15, -0.1) is 0 Å². The number of nitrogens with zero attached hydrogens (tertiary/aromatic N) is 1. The van der Waals surface area contributed by atoms with Crippen molar-refractivity contribution < 1.29 is 9.53 Å². The van der Waals surface area contributed by atoms with Crippen molar-refractivity contribution >= 4 is 17.4 Å². The fourth-order valence-corrected chi connectivity index (χ4v) is 3.18. The smallest absolute Gasteiger partial charge is 0.170 e. The summed E-state index contributed by atoms with van der Waals surface area (Å²) >= 11 is 6.22. The van der Waals surface area contributed by atoms with E-state index in [0.29, 0.717) is 5.02 Å². The molecule has 0 spiro atoms. The highest BCUT2D eigenvalue weighted by Crippen LogP contribution is 2.35. The van der Waals surface area contributed by atoms with Gasteiger partial charge in [0, 0.05) is 23.9 Å². The third kappa shape index (κ3) is 2.66. The summed E-state index contributed by atoms with van der Waals surface area (Å²) in [6, 6.07) is 7.51. The number of fused-ring (bicyclic) bond motifs is 1. The van der Waals surface area contributed by atoms with Crippen molar-refractivity contribution in [2.24, 2.45) is 0 Å². The van der Waals surface area contributed by atoms with Crippen LogP contribution in [0.25, 0.3) is 0 Å². The lowest BCUT2D eigenvalue weighted by Gasteiger charge is -2.15. The Labute approximate surface area is 128 Å². The molecule has 1 aromatic heterocycles. The van der Waals surface area contributed by atoms with Crippen LogP contribution in [-0.4, -0.2) is 17.9 Å². The molecule has 4 heteroatoms.